The van der Waals surface area contributed by atoms with Crippen molar-refractivity contribution < 1.29 is 13.2 Å². The maximum atomic E-state index is 11.6. The summed E-state index contributed by atoms with van der Waals surface area (Å²) < 4.78 is 29.0. The van der Waals surface area contributed by atoms with Crippen LogP contribution in [0.4, 0.5) is 0 Å². The van der Waals surface area contributed by atoms with E-state index < -0.39 is 9.84 Å². The molecule has 0 aromatic carbocycles. The molecule has 2 unspecified atom stereocenters. The Morgan fingerprint density at radius 1 is 1.41 bits per heavy atom. The van der Waals surface area contributed by atoms with E-state index in [1.165, 1.54) is 12.8 Å². The Labute approximate surface area is 109 Å². The molecule has 0 N–H and O–H groups in total. The molecular weight excluding hydrogens is 260 g/mol. The van der Waals surface area contributed by atoms with Gasteiger partial charge in [0.1, 0.15) is 9.84 Å². The summed E-state index contributed by atoms with van der Waals surface area (Å²) in [5, 5.41) is 0. The summed E-state index contributed by atoms with van der Waals surface area (Å²) >= 11 is 6.13. The van der Waals surface area contributed by atoms with Gasteiger partial charge >= 0.3 is 0 Å². The standard InChI is InChI=1S/C12H21ClO3S/c1-2-17(14,15)8-6-12(9-13)5-7-16-11(12)10-3-4-10/h10-11H,2-9H2,1H3. The highest BCUT2D eigenvalue weighted by molar-refractivity contribution is 7.91. The largest absolute Gasteiger partial charge is 0.377 e. The third kappa shape index (κ3) is 2.96. The highest BCUT2D eigenvalue weighted by Gasteiger charge is 2.50. The van der Waals surface area contributed by atoms with Crippen LogP contribution in [0.25, 0.3) is 0 Å². The number of rotatable bonds is 6. The van der Waals surface area contributed by atoms with Gasteiger partial charge < -0.3 is 4.74 Å². The lowest BCUT2D eigenvalue weighted by Crippen LogP contribution is -2.36. The second kappa shape index (κ2) is 5.06. The number of alkyl halides is 1. The first-order valence-corrected chi connectivity index (χ1v) is 8.76. The van der Waals surface area contributed by atoms with Crippen LogP contribution in [-0.4, -0.2) is 38.5 Å². The lowest BCUT2D eigenvalue weighted by atomic mass is 9.78. The first-order chi connectivity index (χ1) is 8.03. The zero-order valence-electron chi connectivity index (χ0n) is 10.3. The van der Waals surface area contributed by atoms with E-state index in [1.54, 1.807) is 6.92 Å². The Morgan fingerprint density at radius 3 is 2.65 bits per heavy atom. The van der Waals surface area contributed by atoms with E-state index in [0.29, 0.717) is 18.2 Å². The van der Waals surface area contributed by atoms with Crippen LogP contribution in [0.3, 0.4) is 0 Å². The molecule has 0 radical (unpaired) electrons. The van der Waals surface area contributed by atoms with Crippen molar-refractivity contribution in [2.75, 3.05) is 24.0 Å². The van der Waals surface area contributed by atoms with Crippen molar-refractivity contribution in [3.63, 3.8) is 0 Å². The van der Waals surface area contributed by atoms with Gasteiger partial charge in [0.25, 0.3) is 0 Å². The van der Waals surface area contributed by atoms with E-state index in [0.717, 1.165) is 13.0 Å². The van der Waals surface area contributed by atoms with Crippen LogP contribution in [0.2, 0.25) is 0 Å². The topological polar surface area (TPSA) is 43.4 Å². The van der Waals surface area contributed by atoms with E-state index in [9.17, 15) is 8.42 Å². The molecule has 17 heavy (non-hydrogen) atoms. The summed E-state index contributed by atoms with van der Waals surface area (Å²) in [6.45, 7) is 2.44. The molecule has 3 nitrogen and oxygen atoms in total. The third-order valence-electron chi connectivity index (χ3n) is 4.17. The van der Waals surface area contributed by atoms with E-state index in [4.69, 9.17) is 16.3 Å². The molecule has 2 rings (SSSR count). The quantitative estimate of drug-likeness (QED) is 0.701. The van der Waals surface area contributed by atoms with E-state index in [-0.39, 0.29) is 23.0 Å². The van der Waals surface area contributed by atoms with Gasteiger partial charge in [0.15, 0.2) is 0 Å². The summed E-state index contributed by atoms with van der Waals surface area (Å²) in [6, 6.07) is 0. The van der Waals surface area contributed by atoms with Crippen LogP contribution in [-0.2, 0) is 14.6 Å². The van der Waals surface area contributed by atoms with Crippen LogP contribution in [0, 0.1) is 11.3 Å². The molecule has 1 heterocycles. The number of ether oxygens (including phenoxy) is 1. The second-order valence-corrected chi connectivity index (χ2v) is 8.10. The van der Waals surface area contributed by atoms with Crippen molar-refractivity contribution in [1.82, 2.24) is 0 Å². The van der Waals surface area contributed by atoms with Crippen LogP contribution in [0.1, 0.15) is 32.6 Å². The van der Waals surface area contributed by atoms with Crippen LogP contribution in [0.5, 0.6) is 0 Å². The lowest BCUT2D eigenvalue weighted by molar-refractivity contribution is 0.0389. The average Bonchev–Trinajstić information content (AvgIpc) is 3.08. The predicted octanol–water partition coefficient (Wildman–Crippen LogP) is 2.24. The normalized spacial score (nSPS) is 34.1. The van der Waals surface area contributed by atoms with Crippen molar-refractivity contribution >= 4 is 21.4 Å². The molecule has 0 spiro atoms. The molecule has 1 aliphatic carbocycles. The third-order valence-corrected chi connectivity index (χ3v) is 6.41. The zero-order chi connectivity index (χ0) is 12.5. The average molecular weight is 281 g/mol. The van der Waals surface area contributed by atoms with Gasteiger partial charge in [-0.15, -0.1) is 11.6 Å². The summed E-state index contributed by atoms with van der Waals surface area (Å²) in [6.07, 6.45) is 4.20. The Kier molecular flexibility index (Phi) is 4.06. The monoisotopic (exact) mass is 280 g/mol. The molecule has 1 saturated heterocycles. The second-order valence-electron chi connectivity index (χ2n) is 5.36. The fourth-order valence-corrected chi connectivity index (χ4v) is 4.15. The van der Waals surface area contributed by atoms with Crippen LogP contribution < -0.4 is 0 Å². The van der Waals surface area contributed by atoms with Crippen molar-refractivity contribution in [3.8, 4) is 0 Å². The molecule has 0 bridgehead atoms. The maximum Gasteiger partial charge on any atom is 0.150 e. The smallest absolute Gasteiger partial charge is 0.150 e. The molecule has 0 aromatic rings. The number of hydrogen-bond acceptors (Lipinski definition) is 3. The molecule has 2 fully saturated rings. The van der Waals surface area contributed by atoms with Crippen LogP contribution >= 0.6 is 11.6 Å². The van der Waals surface area contributed by atoms with E-state index in [2.05, 4.69) is 0 Å². The fourth-order valence-electron chi connectivity index (χ4n) is 2.72. The molecule has 5 heteroatoms. The zero-order valence-corrected chi connectivity index (χ0v) is 11.9. The first kappa shape index (κ1) is 13.6. The lowest BCUT2D eigenvalue weighted by Gasteiger charge is -2.32. The summed E-state index contributed by atoms with van der Waals surface area (Å²) in [7, 11) is -2.90. The van der Waals surface area contributed by atoms with Crippen molar-refractivity contribution in [3.05, 3.63) is 0 Å². The Morgan fingerprint density at radius 2 is 2.12 bits per heavy atom. The molecule has 0 aromatic heterocycles. The van der Waals surface area contributed by atoms with Gasteiger partial charge in [0, 0.05) is 23.7 Å². The molecule has 1 aliphatic heterocycles. The van der Waals surface area contributed by atoms with Crippen molar-refractivity contribution in [1.29, 1.82) is 0 Å². The number of sulfone groups is 1. The van der Waals surface area contributed by atoms with Gasteiger partial charge in [-0.3, -0.25) is 0 Å². The SMILES string of the molecule is CCS(=O)(=O)CCC1(CCl)CCOC1C1CC1. The minimum atomic E-state index is -2.90. The molecule has 100 valence electrons. The van der Waals surface area contributed by atoms with Crippen molar-refractivity contribution in [2.24, 2.45) is 11.3 Å². The number of halogens is 1. The van der Waals surface area contributed by atoms with Gasteiger partial charge in [0.2, 0.25) is 0 Å². The summed E-state index contributed by atoms with van der Waals surface area (Å²) in [5.74, 6) is 1.62. The van der Waals surface area contributed by atoms with Crippen molar-refractivity contribution in [2.45, 2.75) is 38.7 Å². The summed E-state index contributed by atoms with van der Waals surface area (Å²) in [4.78, 5) is 0. The minimum Gasteiger partial charge on any atom is -0.377 e. The molecular formula is C12H21ClO3S. The summed E-state index contributed by atoms with van der Waals surface area (Å²) in [5.41, 5.74) is -0.0923. The van der Waals surface area contributed by atoms with Gasteiger partial charge in [-0.1, -0.05) is 6.92 Å². The van der Waals surface area contributed by atoms with Gasteiger partial charge in [-0.25, -0.2) is 8.42 Å². The van der Waals surface area contributed by atoms with Gasteiger partial charge in [0.05, 0.1) is 11.9 Å². The van der Waals surface area contributed by atoms with E-state index >= 15 is 0 Å². The van der Waals surface area contributed by atoms with Gasteiger partial charge in [-0.05, 0) is 31.6 Å². The van der Waals surface area contributed by atoms with Crippen LogP contribution in [0.15, 0.2) is 0 Å². The molecule has 2 aliphatic rings. The minimum absolute atomic E-state index is 0.0923. The highest BCUT2D eigenvalue weighted by Crippen LogP contribution is 2.50. The van der Waals surface area contributed by atoms with E-state index in [1.807, 2.05) is 0 Å². The highest BCUT2D eigenvalue weighted by atomic mass is 35.5. The first-order valence-electron chi connectivity index (χ1n) is 6.41. The fraction of sp³-hybridized carbons (Fsp3) is 1.00. The Balaban J connectivity index is 2.03. The number of hydrogen-bond donors (Lipinski definition) is 0. The predicted molar refractivity (Wildman–Crippen MR) is 69.2 cm³/mol. The molecule has 1 saturated carbocycles. The molecule has 0 amide bonds. The van der Waals surface area contributed by atoms with Gasteiger partial charge in [-0.2, -0.15) is 0 Å². The molecule has 2 atom stereocenters. The maximum absolute atomic E-state index is 11.6. The Bertz CT molecular complexity index is 364. The Hall–Kier alpha value is 0.200.